The third kappa shape index (κ3) is 5.51. The van der Waals surface area contributed by atoms with E-state index < -0.39 is 12.0 Å². The molecule has 142 valence electrons. The Morgan fingerprint density at radius 2 is 1.56 bits per heavy atom. The first kappa shape index (κ1) is 20.4. The Morgan fingerprint density at radius 1 is 1.00 bits per heavy atom. The molecule has 1 atom stereocenters. The first-order valence-electron chi connectivity index (χ1n) is 8.78. The highest BCUT2D eigenvalue weighted by Crippen LogP contribution is 2.22. The lowest BCUT2D eigenvalue weighted by Gasteiger charge is -2.19. The molecule has 0 radical (unpaired) electrons. The number of ether oxygens (including phenoxy) is 1. The van der Waals surface area contributed by atoms with Crippen LogP contribution in [0.1, 0.15) is 52.6 Å². The molecular weight excluding hydrogens is 342 g/mol. The van der Waals surface area contributed by atoms with Crippen molar-refractivity contribution in [2.75, 3.05) is 7.11 Å². The maximum atomic E-state index is 12.4. The van der Waals surface area contributed by atoms with Gasteiger partial charge >= 0.3 is 5.97 Å². The van der Waals surface area contributed by atoms with Gasteiger partial charge in [-0.3, -0.25) is 4.79 Å². The van der Waals surface area contributed by atoms with Crippen LogP contribution < -0.4 is 5.32 Å². The Bertz CT molecular complexity index is 802. The van der Waals surface area contributed by atoms with Crippen LogP contribution in [0.25, 0.3) is 0 Å². The fraction of sp³-hybridized carbons (Fsp3) is 0.318. The molecule has 0 heterocycles. The van der Waals surface area contributed by atoms with Crippen molar-refractivity contribution < 1.29 is 19.1 Å². The summed E-state index contributed by atoms with van der Waals surface area (Å²) in [7, 11) is 1.32. The van der Waals surface area contributed by atoms with Crippen LogP contribution in [0.3, 0.4) is 0 Å². The summed E-state index contributed by atoms with van der Waals surface area (Å²) in [5.41, 5.74) is 2.93. The molecule has 0 aliphatic heterocycles. The molecule has 0 aliphatic carbocycles. The lowest BCUT2D eigenvalue weighted by Crippen LogP contribution is -2.37. The van der Waals surface area contributed by atoms with E-state index in [1.54, 1.807) is 36.4 Å². The molecule has 0 aromatic heterocycles. The topological polar surface area (TPSA) is 72.5 Å². The number of esters is 1. The first-order valence-corrected chi connectivity index (χ1v) is 8.78. The minimum atomic E-state index is -0.649. The standard InChI is InChI=1S/C22H25NO4/c1-22(2,3)18-11-9-16(10-12-18)20(25)23-19(14-24)13-15-5-7-17(8-6-15)21(26)27-4/h5-12,14,19H,13H2,1-4H3,(H,23,25). The minimum Gasteiger partial charge on any atom is -0.465 e. The summed E-state index contributed by atoms with van der Waals surface area (Å²) >= 11 is 0. The smallest absolute Gasteiger partial charge is 0.337 e. The Labute approximate surface area is 159 Å². The number of benzene rings is 2. The van der Waals surface area contributed by atoms with E-state index in [1.165, 1.54) is 7.11 Å². The average Bonchev–Trinajstić information content (AvgIpc) is 2.66. The molecule has 2 aromatic carbocycles. The molecule has 1 unspecified atom stereocenters. The molecular formula is C22H25NO4. The summed E-state index contributed by atoms with van der Waals surface area (Å²) in [5.74, 6) is -0.709. The van der Waals surface area contributed by atoms with Gasteiger partial charge in [0.05, 0.1) is 18.7 Å². The third-order valence-corrected chi connectivity index (χ3v) is 4.32. The van der Waals surface area contributed by atoms with E-state index in [1.807, 2.05) is 12.1 Å². The number of amides is 1. The number of hydrogen-bond donors (Lipinski definition) is 1. The van der Waals surface area contributed by atoms with E-state index in [2.05, 4.69) is 30.8 Å². The molecule has 0 aliphatic rings. The van der Waals surface area contributed by atoms with Gasteiger partial charge in [-0.15, -0.1) is 0 Å². The van der Waals surface area contributed by atoms with Gasteiger partial charge in [0.25, 0.3) is 5.91 Å². The second-order valence-corrected chi connectivity index (χ2v) is 7.44. The van der Waals surface area contributed by atoms with E-state index in [4.69, 9.17) is 0 Å². The van der Waals surface area contributed by atoms with Crippen molar-refractivity contribution >= 4 is 18.2 Å². The Hall–Kier alpha value is -2.95. The van der Waals surface area contributed by atoms with Gasteiger partial charge in [-0.2, -0.15) is 0 Å². The summed E-state index contributed by atoms with van der Waals surface area (Å²) in [6, 6.07) is 13.5. The third-order valence-electron chi connectivity index (χ3n) is 4.32. The fourth-order valence-corrected chi connectivity index (χ4v) is 2.66. The molecule has 0 spiro atoms. The number of carbonyl (C=O) groups excluding carboxylic acids is 3. The highest BCUT2D eigenvalue weighted by atomic mass is 16.5. The van der Waals surface area contributed by atoms with Crippen molar-refractivity contribution in [3.8, 4) is 0 Å². The highest BCUT2D eigenvalue weighted by Gasteiger charge is 2.17. The summed E-state index contributed by atoms with van der Waals surface area (Å²) < 4.78 is 4.66. The van der Waals surface area contributed by atoms with Crippen molar-refractivity contribution in [1.29, 1.82) is 0 Å². The molecule has 0 saturated heterocycles. The van der Waals surface area contributed by atoms with E-state index in [0.717, 1.165) is 17.4 Å². The zero-order valence-electron chi connectivity index (χ0n) is 16.1. The van der Waals surface area contributed by atoms with Crippen LogP contribution in [0.2, 0.25) is 0 Å². The largest absolute Gasteiger partial charge is 0.465 e. The number of methoxy groups -OCH3 is 1. The van der Waals surface area contributed by atoms with Crippen molar-refractivity contribution in [2.24, 2.45) is 0 Å². The number of aldehydes is 1. The van der Waals surface area contributed by atoms with Crippen LogP contribution in [0, 0.1) is 0 Å². The molecule has 0 fully saturated rings. The molecule has 2 rings (SSSR count). The van der Waals surface area contributed by atoms with Crippen molar-refractivity contribution in [2.45, 2.75) is 38.6 Å². The first-order chi connectivity index (χ1) is 12.7. The zero-order chi connectivity index (χ0) is 20.0. The van der Waals surface area contributed by atoms with Gasteiger partial charge in [0.15, 0.2) is 0 Å². The van der Waals surface area contributed by atoms with Crippen LogP contribution in [-0.2, 0) is 21.4 Å². The second-order valence-electron chi connectivity index (χ2n) is 7.44. The summed E-state index contributed by atoms with van der Waals surface area (Å²) in [4.78, 5) is 35.3. The second kappa shape index (κ2) is 8.62. The lowest BCUT2D eigenvalue weighted by molar-refractivity contribution is -0.109. The van der Waals surface area contributed by atoms with Crippen LogP contribution in [0.4, 0.5) is 0 Å². The van der Waals surface area contributed by atoms with Crippen molar-refractivity contribution in [1.82, 2.24) is 5.32 Å². The number of rotatable bonds is 6. The highest BCUT2D eigenvalue weighted by molar-refractivity contribution is 5.95. The van der Waals surface area contributed by atoms with Gasteiger partial charge in [-0.1, -0.05) is 45.0 Å². The van der Waals surface area contributed by atoms with E-state index in [0.29, 0.717) is 17.5 Å². The monoisotopic (exact) mass is 367 g/mol. The Kier molecular flexibility index (Phi) is 6.50. The van der Waals surface area contributed by atoms with E-state index in [-0.39, 0.29) is 11.3 Å². The zero-order valence-corrected chi connectivity index (χ0v) is 16.1. The van der Waals surface area contributed by atoms with Crippen LogP contribution in [0.15, 0.2) is 48.5 Å². The normalized spacial score (nSPS) is 12.1. The maximum absolute atomic E-state index is 12.4. The van der Waals surface area contributed by atoms with Crippen molar-refractivity contribution in [3.05, 3.63) is 70.8 Å². The lowest BCUT2D eigenvalue weighted by atomic mass is 9.86. The molecule has 0 bridgehead atoms. The molecule has 0 saturated carbocycles. The van der Waals surface area contributed by atoms with Crippen LogP contribution in [0.5, 0.6) is 0 Å². The molecule has 5 heteroatoms. The van der Waals surface area contributed by atoms with Crippen LogP contribution >= 0.6 is 0 Å². The Balaban J connectivity index is 2.02. The summed E-state index contributed by atoms with van der Waals surface area (Å²) in [6.45, 7) is 6.32. The van der Waals surface area contributed by atoms with Gasteiger partial charge in [0.1, 0.15) is 6.29 Å². The van der Waals surface area contributed by atoms with Gasteiger partial charge in [-0.05, 0) is 47.2 Å². The maximum Gasteiger partial charge on any atom is 0.337 e. The summed E-state index contributed by atoms with van der Waals surface area (Å²) in [6.07, 6.45) is 1.06. The van der Waals surface area contributed by atoms with Gasteiger partial charge in [-0.25, -0.2) is 4.79 Å². The quantitative estimate of drug-likeness (QED) is 0.628. The van der Waals surface area contributed by atoms with Crippen LogP contribution in [-0.4, -0.2) is 31.3 Å². The van der Waals surface area contributed by atoms with Gasteiger partial charge < -0.3 is 14.8 Å². The van der Waals surface area contributed by atoms with Gasteiger partial charge in [0, 0.05) is 5.56 Å². The molecule has 1 amide bonds. The molecule has 1 N–H and O–H groups in total. The van der Waals surface area contributed by atoms with E-state index >= 15 is 0 Å². The minimum absolute atomic E-state index is 0.0106. The SMILES string of the molecule is COC(=O)c1ccc(CC(C=O)NC(=O)c2ccc(C(C)(C)C)cc2)cc1. The molecule has 2 aromatic rings. The average molecular weight is 367 g/mol. The van der Waals surface area contributed by atoms with E-state index in [9.17, 15) is 14.4 Å². The predicted octanol–water partition coefficient (Wildman–Crippen LogP) is 3.31. The molecule has 27 heavy (non-hydrogen) atoms. The number of carbonyl (C=O) groups is 3. The number of nitrogens with one attached hydrogen (secondary N) is 1. The predicted molar refractivity (Wildman–Crippen MR) is 104 cm³/mol. The Morgan fingerprint density at radius 3 is 2.04 bits per heavy atom. The molecule has 5 nitrogen and oxygen atoms in total. The summed E-state index contributed by atoms with van der Waals surface area (Å²) in [5, 5.41) is 2.74. The van der Waals surface area contributed by atoms with Crippen molar-refractivity contribution in [3.63, 3.8) is 0 Å². The van der Waals surface area contributed by atoms with Gasteiger partial charge in [0.2, 0.25) is 0 Å². The number of hydrogen-bond acceptors (Lipinski definition) is 4. The fourth-order valence-electron chi connectivity index (χ4n) is 2.66.